The zero-order valence-corrected chi connectivity index (χ0v) is 12.3. The number of imidazole rings is 1. The van der Waals surface area contributed by atoms with Crippen LogP contribution in [0.2, 0.25) is 0 Å². The lowest BCUT2D eigenvalue weighted by atomic mass is 9.95. The first-order valence-electron chi connectivity index (χ1n) is 6.21. The molecule has 0 atom stereocenters. The van der Waals surface area contributed by atoms with Crippen molar-refractivity contribution in [2.45, 2.75) is 27.2 Å². The summed E-state index contributed by atoms with van der Waals surface area (Å²) >= 11 is 1.54. The first-order valence-corrected chi connectivity index (χ1v) is 7.09. The number of aliphatic hydroxyl groups is 1. The molecule has 0 aliphatic rings. The minimum Gasteiger partial charge on any atom is -0.396 e. The Labute approximate surface area is 116 Å². The Morgan fingerprint density at radius 3 is 3.00 bits per heavy atom. The van der Waals surface area contributed by atoms with Gasteiger partial charge in [-0.1, -0.05) is 13.8 Å². The topological polar surface area (TPSA) is 66.6 Å². The highest BCUT2D eigenvalue weighted by Crippen LogP contribution is 2.17. The third-order valence-electron chi connectivity index (χ3n) is 2.94. The van der Waals surface area contributed by atoms with Gasteiger partial charge in [-0.15, -0.1) is 11.3 Å². The molecule has 2 rings (SSSR count). The lowest BCUT2D eigenvalue weighted by Gasteiger charge is -2.21. The van der Waals surface area contributed by atoms with Gasteiger partial charge in [-0.2, -0.15) is 0 Å². The second-order valence-electron chi connectivity index (χ2n) is 5.54. The smallest absolute Gasteiger partial charge is 0.226 e. The highest BCUT2D eigenvalue weighted by atomic mass is 32.1. The molecular formula is C13H19N3O2S. The largest absolute Gasteiger partial charge is 0.396 e. The number of carbonyl (C=O) groups is 1. The molecule has 5 nitrogen and oxygen atoms in total. The molecule has 104 valence electrons. The van der Waals surface area contributed by atoms with E-state index in [1.807, 2.05) is 36.7 Å². The predicted octanol–water partition coefficient (Wildman–Crippen LogP) is 1.38. The van der Waals surface area contributed by atoms with Crippen LogP contribution in [0.4, 0.5) is 0 Å². The molecule has 2 aromatic heterocycles. The summed E-state index contributed by atoms with van der Waals surface area (Å²) < 4.78 is 1.96. The number of amides is 1. The van der Waals surface area contributed by atoms with Gasteiger partial charge in [0.1, 0.15) is 0 Å². The molecule has 2 aromatic rings. The summed E-state index contributed by atoms with van der Waals surface area (Å²) in [6, 6.07) is 0. The first kappa shape index (κ1) is 14.0. The molecule has 0 aliphatic heterocycles. The SMILES string of the molecule is Cc1cn2c(CC(=O)NCC(C)(C)CO)csc2n1. The van der Waals surface area contributed by atoms with Crippen LogP contribution < -0.4 is 5.32 Å². The summed E-state index contributed by atoms with van der Waals surface area (Å²) in [5.74, 6) is -0.0346. The zero-order chi connectivity index (χ0) is 14.0. The van der Waals surface area contributed by atoms with Crippen LogP contribution in [0.5, 0.6) is 0 Å². The summed E-state index contributed by atoms with van der Waals surface area (Å²) in [4.78, 5) is 17.2. The number of aryl methyl sites for hydroxylation is 1. The Morgan fingerprint density at radius 1 is 1.58 bits per heavy atom. The summed E-state index contributed by atoms with van der Waals surface area (Å²) in [5.41, 5.74) is 1.61. The minimum atomic E-state index is -0.286. The summed E-state index contributed by atoms with van der Waals surface area (Å²) in [5, 5.41) is 14.0. The number of carbonyl (C=O) groups excluding carboxylic acids is 1. The Bertz CT molecular complexity index is 586. The van der Waals surface area contributed by atoms with Crippen molar-refractivity contribution < 1.29 is 9.90 Å². The maximum absolute atomic E-state index is 11.9. The van der Waals surface area contributed by atoms with Gasteiger partial charge in [0.05, 0.1) is 12.1 Å². The van der Waals surface area contributed by atoms with Gasteiger partial charge in [0.15, 0.2) is 4.96 Å². The quantitative estimate of drug-likeness (QED) is 0.870. The summed E-state index contributed by atoms with van der Waals surface area (Å²) in [6.45, 7) is 6.28. The van der Waals surface area contributed by atoms with E-state index < -0.39 is 0 Å². The van der Waals surface area contributed by atoms with Crippen molar-refractivity contribution >= 4 is 22.2 Å². The van der Waals surface area contributed by atoms with Crippen LogP contribution in [-0.2, 0) is 11.2 Å². The van der Waals surface area contributed by atoms with Crippen LogP contribution >= 0.6 is 11.3 Å². The number of fused-ring (bicyclic) bond motifs is 1. The number of thiazole rings is 1. The van der Waals surface area contributed by atoms with Gasteiger partial charge in [-0.3, -0.25) is 9.20 Å². The second kappa shape index (κ2) is 5.30. The number of rotatable bonds is 5. The van der Waals surface area contributed by atoms with Crippen molar-refractivity contribution in [3.05, 3.63) is 23.0 Å². The van der Waals surface area contributed by atoms with Crippen LogP contribution in [0.15, 0.2) is 11.6 Å². The minimum absolute atomic E-state index is 0.0346. The molecule has 0 radical (unpaired) electrons. The van der Waals surface area contributed by atoms with Crippen molar-refractivity contribution in [3.63, 3.8) is 0 Å². The number of aliphatic hydroxyl groups excluding tert-OH is 1. The van der Waals surface area contributed by atoms with E-state index in [1.165, 1.54) is 11.3 Å². The van der Waals surface area contributed by atoms with Gasteiger partial charge in [0.25, 0.3) is 0 Å². The van der Waals surface area contributed by atoms with E-state index in [2.05, 4.69) is 10.3 Å². The van der Waals surface area contributed by atoms with Gasteiger partial charge in [0, 0.05) is 35.8 Å². The molecule has 2 heterocycles. The monoisotopic (exact) mass is 281 g/mol. The van der Waals surface area contributed by atoms with E-state index in [0.29, 0.717) is 13.0 Å². The van der Waals surface area contributed by atoms with Gasteiger partial charge < -0.3 is 10.4 Å². The lowest BCUT2D eigenvalue weighted by molar-refractivity contribution is -0.121. The van der Waals surface area contributed by atoms with E-state index in [4.69, 9.17) is 5.11 Å². The Balaban J connectivity index is 1.99. The standard InChI is InChI=1S/C13H19N3O2S/c1-9-5-16-10(6-19-12(16)15-9)4-11(18)14-7-13(2,3)8-17/h5-6,17H,4,7-8H2,1-3H3,(H,14,18). The molecular weight excluding hydrogens is 262 g/mol. The van der Waals surface area contributed by atoms with Crippen LogP contribution in [0.1, 0.15) is 25.2 Å². The van der Waals surface area contributed by atoms with E-state index >= 15 is 0 Å². The third kappa shape index (κ3) is 3.33. The molecule has 0 unspecified atom stereocenters. The average molecular weight is 281 g/mol. The van der Waals surface area contributed by atoms with E-state index in [0.717, 1.165) is 16.3 Å². The van der Waals surface area contributed by atoms with Crippen molar-refractivity contribution in [1.29, 1.82) is 0 Å². The van der Waals surface area contributed by atoms with Crippen LogP contribution in [0.25, 0.3) is 4.96 Å². The van der Waals surface area contributed by atoms with E-state index in [-0.39, 0.29) is 17.9 Å². The molecule has 0 saturated carbocycles. The molecule has 1 amide bonds. The fourth-order valence-electron chi connectivity index (χ4n) is 1.69. The molecule has 0 aliphatic carbocycles. The van der Waals surface area contributed by atoms with Gasteiger partial charge in [0.2, 0.25) is 5.91 Å². The third-order valence-corrected chi connectivity index (χ3v) is 3.83. The molecule has 0 spiro atoms. The van der Waals surface area contributed by atoms with E-state index in [1.54, 1.807) is 0 Å². The highest BCUT2D eigenvalue weighted by Gasteiger charge is 2.18. The van der Waals surface area contributed by atoms with E-state index in [9.17, 15) is 4.79 Å². The van der Waals surface area contributed by atoms with Crippen molar-refractivity contribution in [1.82, 2.24) is 14.7 Å². The maximum Gasteiger partial charge on any atom is 0.226 e. The molecule has 0 bridgehead atoms. The Hall–Kier alpha value is -1.40. The van der Waals surface area contributed by atoms with Crippen LogP contribution in [0, 0.1) is 12.3 Å². The number of hydrogen-bond acceptors (Lipinski definition) is 4. The normalized spacial score (nSPS) is 12.0. The number of nitrogens with zero attached hydrogens (tertiary/aromatic N) is 2. The average Bonchev–Trinajstić information content (AvgIpc) is 2.88. The second-order valence-corrected chi connectivity index (χ2v) is 6.37. The fraction of sp³-hybridized carbons (Fsp3) is 0.538. The lowest BCUT2D eigenvalue weighted by Crippen LogP contribution is -2.36. The number of nitrogens with one attached hydrogen (secondary N) is 1. The first-order chi connectivity index (χ1) is 8.91. The number of aromatic nitrogens is 2. The van der Waals surface area contributed by atoms with Crippen molar-refractivity contribution in [2.24, 2.45) is 5.41 Å². The van der Waals surface area contributed by atoms with Crippen LogP contribution in [0.3, 0.4) is 0 Å². The van der Waals surface area contributed by atoms with Gasteiger partial charge in [-0.05, 0) is 6.92 Å². The highest BCUT2D eigenvalue weighted by molar-refractivity contribution is 7.15. The van der Waals surface area contributed by atoms with Crippen LogP contribution in [-0.4, -0.2) is 33.6 Å². The fourth-order valence-corrected chi connectivity index (χ4v) is 2.61. The van der Waals surface area contributed by atoms with Crippen molar-refractivity contribution in [3.8, 4) is 0 Å². The molecule has 6 heteroatoms. The molecule has 19 heavy (non-hydrogen) atoms. The number of hydrogen-bond donors (Lipinski definition) is 2. The molecule has 0 saturated heterocycles. The summed E-state index contributed by atoms with van der Waals surface area (Å²) in [6.07, 6.45) is 2.27. The molecule has 0 aromatic carbocycles. The zero-order valence-electron chi connectivity index (χ0n) is 11.4. The molecule has 0 fully saturated rings. The van der Waals surface area contributed by atoms with Gasteiger partial charge >= 0.3 is 0 Å². The van der Waals surface area contributed by atoms with Crippen molar-refractivity contribution in [2.75, 3.05) is 13.2 Å². The Kier molecular flexibility index (Phi) is 3.91. The molecule has 2 N–H and O–H groups in total. The Morgan fingerprint density at radius 2 is 2.32 bits per heavy atom. The summed E-state index contributed by atoms with van der Waals surface area (Å²) in [7, 11) is 0. The maximum atomic E-state index is 11.9. The van der Waals surface area contributed by atoms with Gasteiger partial charge in [-0.25, -0.2) is 4.98 Å². The predicted molar refractivity (Wildman–Crippen MR) is 75.4 cm³/mol.